The lowest BCUT2D eigenvalue weighted by atomic mass is 10.0. The maximum Gasteiger partial charge on any atom is 0.221 e. The molecule has 2 rings (SSSR count). The summed E-state index contributed by atoms with van der Waals surface area (Å²) in [4.78, 5) is 14.1. The summed E-state index contributed by atoms with van der Waals surface area (Å²) in [7, 11) is 0. The van der Waals surface area contributed by atoms with Crippen LogP contribution in [0.2, 0.25) is 0 Å². The molecule has 0 aromatic heterocycles. The lowest BCUT2D eigenvalue weighted by molar-refractivity contribution is -0.121. The maximum atomic E-state index is 13.4. The smallest absolute Gasteiger partial charge is 0.221 e. The third kappa shape index (κ3) is 4.60. The molecular weight excluding hydrogens is 255 g/mol. The van der Waals surface area contributed by atoms with E-state index < -0.39 is 0 Å². The van der Waals surface area contributed by atoms with Gasteiger partial charge in [-0.2, -0.15) is 0 Å². The molecule has 1 aromatic carbocycles. The summed E-state index contributed by atoms with van der Waals surface area (Å²) in [5, 5.41) is 2.78. The minimum Gasteiger partial charge on any atom is -0.352 e. The molecule has 0 aliphatic carbocycles. The predicted molar refractivity (Wildman–Crippen MR) is 77.7 cm³/mol. The number of carbonyl (C=O) groups is 1. The van der Waals surface area contributed by atoms with Crippen LogP contribution >= 0.6 is 0 Å². The second-order valence-electron chi connectivity index (χ2n) is 5.67. The average molecular weight is 278 g/mol. The van der Waals surface area contributed by atoms with Gasteiger partial charge in [0.05, 0.1) is 0 Å². The quantitative estimate of drug-likeness (QED) is 0.898. The van der Waals surface area contributed by atoms with Crippen molar-refractivity contribution in [2.24, 2.45) is 5.92 Å². The molecule has 1 saturated heterocycles. The first kappa shape index (κ1) is 15.0. The number of rotatable bonds is 5. The van der Waals surface area contributed by atoms with Gasteiger partial charge in [-0.1, -0.05) is 25.1 Å². The summed E-state index contributed by atoms with van der Waals surface area (Å²) >= 11 is 0. The highest BCUT2D eigenvalue weighted by atomic mass is 19.1. The van der Waals surface area contributed by atoms with Crippen molar-refractivity contribution in [3.05, 3.63) is 35.6 Å². The Kier molecular flexibility index (Phi) is 5.53. The highest BCUT2D eigenvalue weighted by Crippen LogP contribution is 2.15. The van der Waals surface area contributed by atoms with Crippen LogP contribution in [0.25, 0.3) is 0 Å². The van der Waals surface area contributed by atoms with Crippen LogP contribution in [0.1, 0.15) is 31.7 Å². The first-order chi connectivity index (χ1) is 9.65. The van der Waals surface area contributed by atoms with Gasteiger partial charge in [-0.3, -0.25) is 4.79 Å². The molecule has 1 unspecified atom stereocenters. The van der Waals surface area contributed by atoms with Crippen molar-refractivity contribution < 1.29 is 9.18 Å². The Morgan fingerprint density at radius 1 is 1.45 bits per heavy atom. The molecule has 1 aromatic rings. The van der Waals surface area contributed by atoms with E-state index in [-0.39, 0.29) is 18.3 Å². The zero-order chi connectivity index (χ0) is 14.4. The molecule has 1 N–H and O–H groups in total. The Bertz CT molecular complexity index is 450. The summed E-state index contributed by atoms with van der Waals surface area (Å²) in [5.74, 6) is 0.453. The first-order valence-electron chi connectivity index (χ1n) is 7.37. The lowest BCUT2D eigenvalue weighted by Crippen LogP contribution is -2.37. The van der Waals surface area contributed by atoms with Gasteiger partial charge in [-0.25, -0.2) is 4.39 Å². The molecule has 0 saturated carbocycles. The Hall–Kier alpha value is -1.42. The highest BCUT2D eigenvalue weighted by molar-refractivity contribution is 5.76. The number of carbonyl (C=O) groups excluding carboxylic acids is 1. The fraction of sp³-hybridized carbons (Fsp3) is 0.562. The molecule has 1 heterocycles. The largest absolute Gasteiger partial charge is 0.352 e. The van der Waals surface area contributed by atoms with E-state index in [1.54, 1.807) is 18.2 Å². The molecule has 1 amide bonds. The van der Waals surface area contributed by atoms with Gasteiger partial charge in [0.15, 0.2) is 0 Å². The SMILES string of the molecule is CC1CCCN(CCC(=O)NCc2ccccc2F)C1. The predicted octanol–water partition coefficient (Wildman–Crippen LogP) is 2.56. The fourth-order valence-electron chi connectivity index (χ4n) is 2.67. The molecule has 4 heteroatoms. The molecule has 1 aliphatic rings. The number of likely N-dealkylation sites (tertiary alicyclic amines) is 1. The summed E-state index contributed by atoms with van der Waals surface area (Å²) < 4.78 is 13.4. The molecule has 1 atom stereocenters. The second-order valence-corrected chi connectivity index (χ2v) is 5.67. The third-order valence-electron chi connectivity index (χ3n) is 3.83. The van der Waals surface area contributed by atoms with Gasteiger partial charge in [0.1, 0.15) is 5.82 Å². The number of benzene rings is 1. The molecule has 1 aliphatic heterocycles. The van der Waals surface area contributed by atoms with Gasteiger partial charge in [0.25, 0.3) is 0 Å². The number of piperidine rings is 1. The Labute approximate surface area is 120 Å². The third-order valence-corrected chi connectivity index (χ3v) is 3.83. The number of hydrogen-bond acceptors (Lipinski definition) is 2. The van der Waals surface area contributed by atoms with Crippen LogP contribution in [-0.4, -0.2) is 30.4 Å². The minimum absolute atomic E-state index is 0.00789. The maximum absolute atomic E-state index is 13.4. The number of hydrogen-bond donors (Lipinski definition) is 1. The highest BCUT2D eigenvalue weighted by Gasteiger charge is 2.16. The van der Waals surface area contributed by atoms with Crippen LogP contribution in [0, 0.1) is 11.7 Å². The molecule has 110 valence electrons. The molecule has 0 bridgehead atoms. The van der Waals surface area contributed by atoms with E-state index in [0.29, 0.717) is 12.0 Å². The van der Waals surface area contributed by atoms with Crippen molar-refractivity contribution in [2.45, 2.75) is 32.7 Å². The van der Waals surface area contributed by atoms with E-state index >= 15 is 0 Å². The number of halogens is 1. The van der Waals surface area contributed by atoms with Crippen molar-refractivity contribution in [1.29, 1.82) is 0 Å². The van der Waals surface area contributed by atoms with Crippen molar-refractivity contribution >= 4 is 5.91 Å². The normalized spacial score (nSPS) is 19.8. The Morgan fingerprint density at radius 2 is 2.25 bits per heavy atom. The van der Waals surface area contributed by atoms with Crippen LogP contribution in [-0.2, 0) is 11.3 Å². The molecule has 20 heavy (non-hydrogen) atoms. The van der Waals surface area contributed by atoms with E-state index in [1.165, 1.54) is 18.9 Å². The van der Waals surface area contributed by atoms with E-state index in [2.05, 4.69) is 17.1 Å². The van der Waals surface area contributed by atoms with Crippen LogP contribution < -0.4 is 5.32 Å². The molecular formula is C16H23FN2O. The van der Waals surface area contributed by atoms with Crippen molar-refractivity contribution in [1.82, 2.24) is 10.2 Å². The van der Waals surface area contributed by atoms with Gasteiger partial charge >= 0.3 is 0 Å². The van der Waals surface area contributed by atoms with Crippen LogP contribution in [0.4, 0.5) is 4.39 Å². The topological polar surface area (TPSA) is 32.3 Å². The monoisotopic (exact) mass is 278 g/mol. The van der Waals surface area contributed by atoms with E-state index in [9.17, 15) is 9.18 Å². The van der Waals surface area contributed by atoms with Crippen LogP contribution in [0.3, 0.4) is 0 Å². The lowest BCUT2D eigenvalue weighted by Gasteiger charge is -2.30. The summed E-state index contributed by atoms with van der Waals surface area (Å²) in [6.45, 7) is 5.49. The minimum atomic E-state index is -0.266. The Morgan fingerprint density at radius 3 is 3.00 bits per heavy atom. The molecule has 0 spiro atoms. The number of nitrogens with one attached hydrogen (secondary N) is 1. The first-order valence-corrected chi connectivity index (χ1v) is 7.37. The van der Waals surface area contributed by atoms with Crippen molar-refractivity contribution in [3.63, 3.8) is 0 Å². The number of amides is 1. The summed E-state index contributed by atoms with van der Waals surface area (Å²) in [6.07, 6.45) is 3.00. The average Bonchev–Trinajstić information content (AvgIpc) is 2.44. The summed E-state index contributed by atoms with van der Waals surface area (Å²) in [5.41, 5.74) is 0.535. The van der Waals surface area contributed by atoms with Gasteiger partial charge in [-0.05, 0) is 31.4 Å². The molecule has 0 radical (unpaired) electrons. The second kappa shape index (κ2) is 7.39. The van der Waals surface area contributed by atoms with E-state index in [4.69, 9.17) is 0 Å². The van der Waals surface area contributed by atoms with E-state index in [0.717, 1.165) is 25.6 Å². The zero-order valence-corrected chi connectivity index (χ0v) is 12.1. The molecule has 1 fully saturated rings. The molecule has 3 nitrogen and oxygen atoms in total. The van der Waals surface area contributed by atoms with Crippen molar-refractivity contribution in [3.8, 4) is 0 Å². The standard InChI is InChI=1S/C16H23FN2O/c1-13-5-4-9-19(12-13)10-8-16(20)18-11-14-6-2-3-7-15(14)17/h2-3,6-7,13H,4-5,8-12H2,1H3,(H,18,20). The zero-order valence-electron chi connectivity index (χ0n) is 12.1. The summed E-state index contributed by atoms with van der Waals surface area (Å²) in [6, 6.07) is 6.54. The van der Waals surface area contributed by atoms with Gasteiger partial charge in [0.2, 0.25) is 5.91 Å². The van der Waals surface area contributed by atoms with Gasteiger partial charge in [0, 0.05) is 31.6 Å². The van der Waals surface area contributed by atoms with Crippen LogP contribution in [0.5, 0.6) is 0 Å². The fourth-order valence-corrected chi connectivity index (χ4v) is 2.67. The Balaban J connectivity index is 1.69. The van der Waals surface area contributed by atoms with Crippen molar-refractivity contribution in [2.75, 3.05) is 19.6 Å². The number of nitrogens with zero attached hydrogens (tertiary/aromatic N) is 1. The van der Waals surface area contributed by atoms with E-state index in [1.807, 2.05) is 0 Å². The van der Waals surface area contributed by atoms with Gasteiger partial charge in [-0.15, -0.1) is 0 Å². The van der Waals surface area contributed by atoms with Crippen LogP contribution in [0.15, 0.2) is 24.3 Å². The van der Waals surface area contributed by atoms with Gasteiger partial charge < -0.3 is 10.2 Å².